The van der Waals surface area contributed by atoms with Crippen LogP contribution >= 0.6 is 0 Å². The Labute approximate surface area is 124 Å². The van der Waals surface area contributed by atoms with Crippen molar-refractivity contribution in [2.45, 2.75) is 19.4 Å². The van der Waals surface area contributed by atoms with E-state index >= 15 is 0 Å². The molecular formula is C17H18N2O2. The molecule has 1 amide bonds. The maximum Gasteiger partial charge on any atom is 0.224 e. The molecule has 0 fully saturated rings. The summed E-state index contributed by atoms with van der Waals surface area (Å²) in [5.41, 5.74) is 3.24. The van der Waals surface area contributed by atoms with Crippen molar-refractivity contribution in [1.82, 2.24) is 5.32 Å². The fourth-order valence-corrected chi connectivity index (χ4v) is 2.44. The van der Waals surface area contributed by atoms with Gasteiger partial charge in [0.15, 0.2) is 0 Å². The van der Waals surface area contributed by atoms with E-state index in [1.54, 1.807) is 0 Å². The van der Waals surface area contributed by atoms with Gasteiger partial charge in [0.2, 0.25) is 5.91 Å². The fraction of sp³-hybridized carbons (Fsp3) is 0.235. The first-order valence-corrected chi connectivity index (χ1v) is 7.09. The van der Waals surface area contributed by atoms with E-state index in [1.807, 2.05) is 49.5 Å². The number of carbonyl (C=O) groups excluding carboxylic acids is 1. The third-order valence-electron chi connectivity index (χ3n) is 3.51. The summed E-state index contributed by atoms with van der Waals surface area (Å²) in [5.74, 6) is 1.69. The van der Waals surface area contributed by atoms with Gasteiger partial charge < -0.3 is 15.4 Å². The third kappa shape index (κ3) is 3.23. The van der Waals surface area contributed by atoms with E-state index in [2.05, 4.69) is 10.6 Å². The first-order valence-electron chi connectivity index (χ1n) is 7.09. The zero-order chi connectivity index (χ0) is 14.7. The first kappa shape index (κ1) is 13.6. The van der Waals surface area contributed by atoms with Crippen LogP contribution in [0.15, 0.2) is 42.5 Å². The van der Waals surface area contributed by atoms with Gasteiger partial charge in [-0.2, -0.15) is 0 Å². The lowest BCUT2D eigenvalue weighted by atomic mass is 10.0. The number of hydrogen-bond acceptors (Lipinski definition) is 3. The fourth-order valence-electron chi connectivity index (χ4n) is 2.44. The molecule has 4 heteroatoms. The molecular weight excluding hydrogens is 264 g/mol. The van der Waals surface area contributed by atoms with E-state index in [9.17, 15) is 4.79 Å². The molecule has 1 aliphatic heterocycles. The van der Waals surface area contributed by atoms with Crippen LogP contribution in [0.5, 0.6) is 11.5 Å². The van der Waals surface area contributed by atoms with Crippen LogP contribution in [-0.2, 0) is 17.8 Å². The number of hydrogen-bond donors (Lipinski definition) is 2. The molecule has 1 aliphatic rings. The van der Waals surface area contributed by atoms with Crippen LogP contribution in [0.3, 0.4) is 0 Å². The van der Waals surface area contributed by atoms with Crippen LogP contribution in [0.4, 0.5) is 5.69 Å². The van der Waals surface area contributed by atoms with E-state index in [4.69, 9.17) is 4.74 Å². The van der Waals surface area contributed by atoms with Gasteiger partial charge in [0, 0.05) is 18.7 Å². The van der Waals surface area contributed by atoms with Gasteiger partial charge in [0.25, 0.3) is 0 Å². The Morgan fingerprint density at radius 3 is 2.62 bits per heavy atom. The molecule has 4 nitrogen and oxygen atoms in total. The highest BCUT2D eigenvalue weighted by Gasteiger charge is 2.15. The van der Waals surface area contributed by atoms with Gasteiger partial charge in [0.1, 0.15) is 11.5 Å². The highest BCUT2D eigenvalue weighted by molar-refractivity contribution is 5.94. The van der Waals surface area contributed by atoms with Gasteiger partial charge in [-0.15, -0.1) is 0 Å². The van der Waals surface area contributed by atoms with Crippen LogP contribution in [0.2, 0.25) is 0 Å². The molecule has 2 N–H and O–H groups in total. The lowest BCUT2D eigenvalue weighted by molar-refractivity contribution is -0.116. The highest BCUT2D eigenvalue weighted by Crippen LogP contribution is 2.29. The molecule has 0 radical (unpaired) electrons. The summed E-state index contributed by atoms with van der Waals surface area (Å²) in [6.07, 6.45) is 1.30. The molecule has 21 heavy (non-hydrogen) atoms. The Balaban J connectivity index is 1.74. The molecule has 0 atom stereocenters. The van der Waals surface area contributed by atoms with E-state index in [0.717, 1.165) is 35.7 Å². The number of ether oxygens (including phenoxy) is 1. The molecule has 0 aromatic heterocycles. The summed E-state index contributed by atoms with van der Waals surface area (Å²) in [4.78, 5) is 11.3. The number of amides is 1. The standard InChI is InChI=1S/C17H18N2O2/c1-18-11-12-2-5-14(6-3-12)21-15-7-8-16-13(10-15)4-9-17(20)19-16/h2-3,5-8,10,18H,4,9,11H2,1H3,(H,19,20). The Morgan fingerprint density at radius 1 is 1.10 bits per heavy atom. The molecule has 0 bridgehead atoms. The van der Waals surface area contributed by atoms with Crippen molar-refractivity contribution in [2.24, 2.45) is 0 Å². The molecule has 0 spiro atoms. The Bertz CT molecular complexity index is 650. The minimum atomic E-state index is 0.0799. The van der Waals surface area contributed by atoms with Gasteiger partial charge in [-0.25, -0.2) is 0 Å². The van der Waals surface area contributed by atoms with Crippen molar-refractivity contribution in [2.75, 3.05) is 12.4 Å². The summed E-state index contributed by atoms with van der Waals surface area (Å²) in [5, 5.41) is 5.99. The van der Waals surface area contributed by atoms with Crippen LogP contribution < -0.4 is 15.4 Å². The smallest absolute Gasteiger partial charge is 0.224 e. The summed E-state index contributed by atoms with van der Waals surface area (Å²) < 4.78 is 5.87. The average molecular weight is 282 g/mol. The minimum absolute atomic E-state index is 0.0799. The van der Waals surface area contributed by atoms with Crippen LogP contribution in [0.1, 0.15) is 17.5 Å². The summed E-state index contributed by atoms with van der Waals surface area (Å²) in [7, 11) is 1.93. The quantitative estimate of drug-likeness (QED) is 0.906. The predicted molar refractivity (Wildman–Crippen MR) is 82.7 cm³/mol. The summed E-state index contributed by atoms with van der Waals surface area (Å²) in [6.45, 7) is 0.846. The van der Waals surface area contributed by atoms with Crippen molar-refractivity contribution in [3.63, 3.8) is 0 Å². The molecule has 108 valence electrons. The van der Waals surface area contributed by atoms with Gasteiger partial charge in [-0.05, 0) is 54.9 Å². The molecule has 0 aliphatic carbocycles. The van der Waals surface area contributed by atoms with Gasteiger partial charge in [-0.1, -0.05) is 12.1 Å². The highest BCUT2D eigenvalue weighted by atomic mass is 16.5. The topological polar surface area (TPSA) is 50.4 Å². The van der Waals surface area contributed by atoms with Crippen molar-refractivity contribution >= 4 is 11.6 Å². The average Bonchev–Trinajstić information content (AvgIpc) is 2.50. The number of fused-ring (bicyclic) bond motifs is 1. The van der Waals surface area contributed by atoms with Crippen molar-refractivity contribution in [1.29, 1.82) is 0 Å². The van der Waals surface area contributed by atoms with E-state index in [-0.39, 0.29) is 5.91 Å². The predicted octanol–water partition coefficient (Wildman–Crippen LogP) is 3.08. The minimum Gasteiger partial charge on any atom is -0.457 e. The summed E-state index contributed by atoms with van der Waals surface area (Å²) in [6, 6.07) is 13.8. The van der Waals surface area contributed by atoms with E-state index in [1.165, 1.54) is 5.56 Å². The van der Waals surface area contributed by atoms with Crippen LogP contribution in [0, 0.1) is 0 Å². The second kappa shape index (κ2) is 5.97. The monoisotopic (exact) mass is 282 g/mol. The van der Waals surface area contributed by atoms with E-state index in [0.29, 0.717) is 6.42 Å². The number of aryl methyl sites for hydroxylation is 1. The Hall–Kier alpha value is -2.33. The number of nitrogens with one attached hydrogen (secondary N) is 2. The first-order chi connectivity index (χ1) is 10.2. The van der Waals surface area contributed by atoms with Crippen molar-refractivity contribution < 1.29 is 9.53 Å². The van der Waals surface area contributed by atoms with Crippen LogP contribution in [0.25, 0.3) is 0 Å². The second-order valence-corrected chi connectivity index (χ2v) is 5.14. The number of carbonyl (C=O) groups is 1. The number of benzene rings is 2. The number of rotatable bonds is 4. The lowest BCUT2D eigenvalue weighted by Gasteiger charge is -2.17. The largest absolute Gasteiger partial charge is 0.457 e. The van der Waals surface area contributed by atoms with E-state index < -0.39 is 0 Å². The maximum atomic E-state index is 11.3. The molecule has 0 saturated heterocycles. The van der Waals surface area contributed by atoms with Gasteiger partial charge in [0.05, 0.1) is 0 Å². The summed E-state index contributed by atoms with van der Waals surface area (Å²) >= 11 is 0. The molecule has 1 heterocycles. The second-order valence-electron chi connectivity index (χ2n) is 5.14. The van der Waals surface area contributed by atoms with Crippen LogP contribution in [-0.4, -0.2) is 13.0 Å². The SMILES string of the molecule is CNCc1ccc(Oc2ccc3c(c2)CCC(=O)N3)cc1. The lowest BCUT2D eigenvalue weighted by Crippen LogP contribution is -2.18. The Morgan fingerprint density at radius 2 is 1.86 bits per heavy atom. The van der Waals surface area contributed by atoms with Crippen molar-refractivity contribution in [3.8, 4) is 11.5 Å². The van der Waals surface area contributed by atoms with Crippen molar-refractivity contribution in [3.05, 3.63) is 53.6 Å². The third-order valence-corrected chi connectivity index (χ3v) is 3.51. The molecule has 0 unspecified atom stereocenters. The zero-order valence-electron chi connectivity index (χ0n) is 12.0. The number of anilines is 1. The molecule has 0 saturated carbocycles. The van der Waals surface area contributed by atoms with Gasteiger partial charge in [-0.3, -0.25) is 4.79 Å². The molecule has 2 aromatic carbocycles. The molecule has 2 aromatic rings. The van der Waals surface area contributed by atoms with Gasteiger partial charge >= 0.3 is 0 Å². The maximum absolute atomic E-state index is 11.3. The normalized spacial score (nSPS) is 13.5. The zero-order valence-corrected chi connectivity index (χ0v) is 12.0. The molecule has 3 rings (SSSR count). The Kier molecular flexibility index (Phi) is 3.88.